The van der Waals surface area contributed by atoms with Crippen LogP contribution < -0.4 is 4.57 Å². The van der Waals surface area contributed by atoms with Crippen LogP contribution in [0.3, 0.4) is 0 Å². The zero-order valence-corrected chi connectivity index (χ0v) is 20.1. The molecule has 0 saturated heterocycles. The Balaban J connectivity index is 1.70. The van der Waals surface area contributed by atoms with Gasteiger partial charge in [0.15, 0.2) is 11.9 Å². The van der Waals surface area contributed by atoms with Gasteiger partial charge >= 0.3 is 0 Å². The van der Waals surface area contributed by atoms with Gasteiger partial charge in [-0.3, -0.25) is 0 Å². The maximum Gasteiger partial charge on any atom is 0.178 e. The van der Waals surface area contributed by atoms with Gasteiger partial charge in [-0.05, 0) is 6.42 Å². The van der Waals surface area contributed by atoms with Gasteiger partial charge in [-0.25, -0.2) is 4.57 Å². The quantitative estimate of drug-likeness (QED) is 0.142. The van der Waals surface area contributed by atoms with Gasteiger partial charge in [-0.15, -0.1) is 0 Å². The van der Waals surface area contributed by atoms with Crippen LogP contribution >= 0.6 is 0 Å². The molecule has 1 aromatic heterocycles. The molecule has 1 nitrogen and oxygen atoms in total. The van der Waals surface area contributed by atoms with Crippen molar-refractivity contribution in [2.45, 2.75) is 149 Å². The topological polar surface area (TPSA) is 3.88 Å². The lowest BCUT2D eigenvalue weighted by atomic mass is 10.0. The highest BCUT2D eigenvalue weighted by atomic mass is 14.9. The van der Waals surface area contributed by atoms with E-state index in [1.165, 1.54) is 141 Å². The van der Waals surface area contributed by atoms with E-state index in [0.717, 1.165) is 0 Å². The molecule has 0 spiro atoms. The predicted molar refractivity (Wildman–Crippen MR) is 129 cm³/mol. The molecule has 0 aliphatic carbocycles. The third-order valence-corrected chi connectivity index (χ3v) is 6.42. The number of aryl methyl sites for hydroxylation is 2. The highest BCUT2D eigenvalue weighted by Crippen LogP contribution is 2.14. The first kappa shape index (κ1) is 26.2. The first-order valence-corrected chi connectivity index (χ1v) is 13.3. The summed E-state index contributed by atoms with van der Waals surface area (Å²) in [6.07, 6.45) is 31.2. The summed E-state index contributed by atoms with van der Waals surface area (Å²) >= 11 is 0. The third kappa shape index (κ3) is 16.6. The number of hydrogen-bond acceptors (Lipinski definition) is 0. The molecule has 0 unspecified atom stereocenters. The lowest BCUT2D eigenvalue weighted by Gasteiger charge is -2.04. The normalized spacial score (nSPS) is 11.2. The first-order chi connectivity index (χ1) is 14.3. The molecule has 0 radical (unpaired) electrons. The average Bonchev–Trinajstić information content (AvgIpc) is 2.73. The molecule has 0 fully saturated rings. The molecule has 0 saturated carbocycles. The van der Waals surface area contributed by atoms with E-state index in [9.17, 15) is 0 Å². The Morgan fingerprint density at radius 3 is 1.28 bits per heavy atom. The van der Waals surface area contributed by atoms with Crippen molar-refractivity contribution in [1.29, 1.82) is 0 Å². The van der Waals surface area contributed by atoms with E-state index in [4.69, 9.17) is 0 Å². The zero-order chi connectivity index (χ0) is 20.8. The first-order valence-electron chi connectivity index (χ1n) is 13.3. The van der Waals surface area contributed by atoms with E-state index < -0.39 is 0 Å². The van der Waals surface area contributed by atoms with Crippen molar-refractivity contribution in [2.24, 2.45) is 0 Å². The summed E-state index contributed by atoms with van der Waals surface area (Å²) in [7, 11) is 0. The minimum absolute atomic E-state index is 1.19. The van der Waals surface area contributed by atoms with Crippen LogP contribution in [-0.4, -0.2) is 0 Å². The van der Waals surface area contributed by atoms with E-state index in [2.05, 4.69) is 42.8 Å². The Bertz CT molecular complexity index is 453. The van der Waals surface area contributed by atoms with Crippen LogP contribution in [0.2, 0.25) is 0 Å². The number of nitrogens with zero attached hydrogens (tertiary/aromatic N) is 1. The molecular weight excluding hydrogens is 350 g/mol. The molecule has 0 aliphatic rings. The van der Waals surface area contributed by atoms with E-state index in [1.54, 1.807) is 0 Å². The zero-order valence-electron chi connectivity index (χ0n) is 20.1. The van der Waals surface area contributed by atoms with Gasteiger partial charge in [0.2, 0.25) is 0 Å². The molecule has 0 aromatic carbocycles. The van der Waals surface area contributed by atoms with Crippen LogP contribution in [0.25, 0.3) is 0 Å². The fourth-order valence-electron chi connectivity index (χ4n) is 4.35. The van der Waals surface area contributed by atoms with Crippen LogP contribution in [0.1, 0.15) is 141 Å². The van der Waals surface area contributed by atoms with Crippen molar-refractivity contribution in [3.05, 3.63) is 30.1 Å². The summed E-state index contributed by atoms with van der Waals surface area (Å²) in [6.45, 7) is 5.69. The molecule has 1 aromatic rings. The smallest absolute Gasteiger partial charge is 0.178 e. The lowest BCUT2D eigenvalue weighted by Crippen LogP contribution is -2.36. The minimum atomic E-state index is 1.19. The maximum absolute atomic E-state index is 2.38. The molecular formula is C28H52N+. The summed E-state index contributed by atoms with van der Waals surface area (Å²) in [5, 5.41) is 0. The summed E-state index contributed by atoms with van der Waals surface area (Å²) < 4.78 is 2.38. The molecule has 0 aliphatic heterocycles. The molecule has 29 heavy (non-hydrogen) atoms. The lowest BCUT2D eigenvalue weighted by molar-refractivity contribution is -0.703. The highest BCUT2D eigenvalue weighted by Gasteiger charge is 2.03. The van der Waals surface area contributed by atoms with Crippen LogP contribution in [0.15, 0.2) is 24.4 Å². The Labute approximate surface area is 183 Å². The van der Waals surface area contributed by atoms with Gasteiger partial charge in [0, 0.05) is 25.5 Å². The molecule has 168 valence electrons. The molecule has 1 heteroatoms. The Hall–Kier alpha value is -0.850. The van der Waals surface area contributed by atoms with Gasteiger partial charge in [-0.2, -0.15) is 0 Å². The van der Waals surface area contributed by atoms with Gasteiger partial charge in [-0.1, -0.05) is 129 Å². The van der Waals surface area contributed by atoms with E-state index >= 15 is 0 Å². The number of aromatic nitrogens is 1. The van der Waals surface area contributed by atoms with E-state index in [1.807, 2.05) is 0 Å². The van der Waals surface area contributed by atoms with Crippen molar-refractivity contribution in [2.75, 3.05) is 0 Å². The Morgan fingerprint density at radius 1 is 0.517 bits per heavy atom. The molecule has 1 heterocycles. The SMILES string of the molecule is CCCCCCCCCCCCCCCCCCCCCC[n+]1ccccc1C. The van der Waals surface area contributed by atoms with Gasteiger partial charge in [0.1, 0.15) is 6.54 Å². The maximum atomic E-state index is 2.38. The summed E-state index contributed by atoms with van der Waals surface area (Å²) in [4.78, 5) is 0. The summed E-state index contributed by atoms with van der Waals surface area (Å²) in [6, 6.07) is 6.48. The van der Waals surface area contributed by atoms with Crippen LogP contribution in [0, 0.1) is 6.92 Å². The summed E-state index contributed by atoms with van der Waals surface area (Å²) in [5.41, 5.74) is 1.38. The van der Waals surface area contributed by atoms with Crippen molar-refractivity contribution in [3.8, 4) is 0 Å². The molecule has 1 rings (SSSR count). The summed E-state index contributed by atoms with van der Waals surface area (Å²) in [5.74, 6) is 0. The third-order valence-electron chi connectivity index (χ3n) is 6.42. The number of rotatable bonds is 21. The average molecular weight is 403 g/mol. The van der Waals surface area contributed by atoms with E-state index in [0.29, 0.717) is 0 Å². The van der Waals surface area contributed by atoms with Gasteiger partial charge < -0.3 is 0 Å². The second-order valence-corrected chi connectivity index (χ2v) is 9.25. The van der Waals surface area contributed by atoms with Crippen molar-refractivity contribution >= 4 is 0 Å². The van der Waals surface area contributed by atoms with Crippen molar-refractivity contribution in [1.82, 2.24) is 0 Å². The minimum Gasteiger partial charge on any atom is -0.203 e. The molecule has 0 amide bonds. The molecule has 0 bridgehead atoms. The van der Waals surface area contributed by atoms with E-state index in [-0.39, 0.29) is 0 Å². The van der Waals surface area contributed by atoms with Crippen molar-refractivity contribution < 1.29 is 4.57 Å². The van der Waals surface area contributed by atoms with Gasteiger partial charge in [0.05, 0.1) is 0 Å². The largest absolute Gasteiger partial charge is 0.203 e. The fraction of sp³-hybridized carbons (Fsp3) is 0.821. The fourth-order valence-corrected chi connectivity index (χ4v) is 4.35. The van der Waals surface area contributed by atoms with Crippen molar-refractivity contribution in [3.63, 3.8) is 0 Å². The molecule has 0 atom stereocenters. The number of hydrogen-bond donors (Lipinski definition) is 0. The van der Waals surface area contributed by atoms with Crippen LogP contribution in [-0.2, 0) is 6.54 Å². The Morgan fingerprint density at radius 2 is 0.897 bits per heavy atom. The second-order valence-electron chi connectivity index (χ2n) is 9.25. The Kier molecular flexibility index (Phi) is 18.4. The second kappa shape index (κ2) is 20.4. The predicted octanol–water partition coefficient (Wildman–Crippen LogP) is 9.10. The van der Waals surface area contributed by atoms with Crippen LogP contribution in [0.5, 0.6) is 0 Å². The van der Waals surface area contributed by atoms with Gasteiger partial charge in [0.25, 0.3) is 0 Å². The highest BCUT2D eigenvalue weighted by molar-refractivity contribution is 4.93. The number of pyridine rings is 1. The standard InChI is InChI=1S/C28H52N/c1-3-4-5-6-7-8-9-10-11-12-13-14-15-16-17-18-19-20-21-23-26-29-27-24-22-25-28(29)2/h22,24-25,27H,3-21,23,26H2,1-2H3/q+1. The number of unbranched alkanes of at least 4 members (excludes halogenated alkanes) is 19. The van der Waals surface area contributed by atoms with Crippen LogP contribution in [0.4, 0.5) is 0 Å². The monoisotopic (exact) mass is 402 g/mol. The molecule has 0 N–H and O–H groups in total.